The zero-order chi connectivity index (χ0) is 14.8. The number of rotatable bonds is 10. The molecule has 0 saturated heterocycles. The molecule has 0 aliphatic heterocycles. The van der Waals surface area contributed by atoms with Gasteiger partial charge >= 0.3 is 0 Å². The molecule has 1 aromatic carbocycles. The topological polar surface area (TPSA) is 30.5 Å². The van der Waals surface area contributed by atoms with Gasteiger partial charge in [0, 0.05) is 6.54 Å². The van der Waals surface area contributed by atoms with E-state index in [1.165, 1.54) is 24.2 Å². The summed E-state index contributed by atoms with van der Waals surface area (Å²) in [5.74, 6) is 2.86. The molecule has 0 aliphatic carbocycles. The van der Waals surface area contributed by atoms with Crippen molar-refractivity contribution in [3.8, 4) is 11.5 Å². The molecule has 20 heavy (non-hydrogen) atoms. The van der Waals surface area contributed by atoms with Crippen LogP contribution in [0.5, 0.6) is 11.5 Å². The second-order valence-electron chi connectivity index (χ2n) is 5.03. The van der Waals surface area contributed by atoms with Gasteiger partial charge in [0.15, 0.2) is 11.5 Å². The Morgan fingerprint density at radius 2 is 2.00 bits per heavy atom. The molecule has 1 rings (SSSR count). The predicted octanol–water partition coefficient (Wildman–Crippen LogP) is 3.72. The summed E-state index contributed by atoms with van der Waals surface area (Å²) in [6.45, 7) is 5.97. The largest absolute Gasteiger partial charge is 0.493 e. The summed E-state index contributed by atoms with van der Waals surface area (Å²) in [4.78, 5) is 0. The minimum Gasteiger partial charge on any atom is -0.493 e. The Morgan fingerprint density at radius 3 is 2.65 bits per heavy atom. The van der Waals surface area contributed by atoms with Crippen LogP contribution in [-0.4, -0.2) is 31.8 Å². The Kier molecular flexibility index (Phi) is 8.54. The molecule has 0 radical (unpaired) electrons. The summed E-state index contributed by atoms with van der Waals surface area (Å²) in [6.07, 6.45) is 4.82. The summed E-state index contributed by atoms with van der Waals surface area (Å²) in [6, 6.07) is 6.13. The molecule has 1 N–H and O–H groups in total. The van der Waals surface area contributed by atoms with Gasteiger partial charge in [-0.25, -0.2) is 0 Å². The lowest BCUT2D eigenvalue weighted by Crippen LogP contribution is -2.15. The van der Waals surface area contributed by atoms with Crippen LogP contribution in [0.3, 0.4) is 0 Å². The molecule has 0 amide bonds. The van der Waals surface area contributed by atoms with E-state index in [9.17, 15) is 0 Å². The van der Waals surface area contributed by atoms with Gasteiger partial charge in [0.1, 0.15) is 0 Å². The van der Waals surface area contributed by atoms with Crippen LogP contribution < -0.4 is 14.8 Å². The Hall–Kier alpha value is -0.870. The van der Waals surface area contributed by atoms with Crippen LogP contribution in [0.25, 0.3) is 0 Å². The third-order valence-electron chi connectivity index (χ3n) is 2.87. The molecule has 1 aromatic rings. The molecular weight excluding hydrogens is 270 g/mol. The first-order valence-corrected chi connectivity index (χ1v) is 8.60. The standard InChI is InChI=1S/C16H27NO2S/c1-13(2)19-15-8-7-14(11-16(15)18-3)12-17-9-5-6-10-20-4/h7-8,11,13,17H,5-6,9-10,12H2,1-4H3. The third kappa shape index (κ3) is 6.53. The summed E-state index contributed by atoms with van der Waals surface area (Å²) < 4.78 is 11.1. The first kappa shape index (κ1) is 17.2. The van der Waals surface area contributed by atoms with Gasteiger partial charge in [0.25, 0.3) is 0 Å². The van der Waals surface area contributed by atoms with Crippen molar-refractivity contribution in [3.63, 3.8) is 0 Å². The van der Waals surface area contributed by atoms with Crippen LogP contribution in [-0.2, 0) is 6.54 Å². The molecule has 4 heteroatoms. The highest BCUT2D eigenvalue weighted by molar-refractivity contribution is 7.98. The fraction of sp³-hybridized carbons (Fsp3) is 0.625. The number of benzene rings is 1. The maximum Gasteiger partial charge on any atom is 0.161 e. The van der Waals surface area contributed by atoms with Crippen LogP contribution in [0.2, 0.25) is 0 Å². The molecule has 0 heterocycles. The number of hydrogen-bond acceptors (Lipinski definition) is 4. The summed E-state index contributed by atoms with van der Waals surface area (Å²) in [7, 11) is 1.68. The molecule has 0 bridgehead atoms. The molecule has 0 unspecified atom stereocenters. The zero-order valence-corrected chi connectivity index (χ0v) is 13.9. The van der Waals surface area contributed by atoms with Crippen molar-refractivity contribution in [2.45, 2.75) is 39.3 Å². The molecule has 114 valence electrons. The second kappa shape index (κ2) is 9.94. The van der Waals surface area contributed by atoms with E-state index >= 15 is 0 Å². The van der Waals surface area contributed by atoms with Gasteiger partial charge in [-0.05, 0) is 62.9 Å². The summed E-state index contributed by atoms with van der Waals surface area (Å²) >= 11 is 1.91. The number of unbranched alkanes of at least 4 members (excludes halogenated alkanes) is 1. The molecule has 0 spiro atoms. The van der Waals surface area contributed by atoms with Crippen molar-refractivity contribution in [2.75, 3.05) is 25.7 Å². The number of ether oxygens (including phenoxy) is 2. The van der Waals surface area contributed by atoms with Crippen LogP contribution in [0.1, 0.15) is 32.3 Å². The average molecular weight is 297 g/mol. The van der Waals surface area contributed by atoms with Crippen LogP contribution in [0.15, 0.2) is 18.2 Å². The smallest absolute Gasteiger partial charge is 0.161 e. The van der Waals surface area contributed by atoms with Crippen molar-refractivity contribution < 1.29 is 9.47 Å². The molecular formula is C16H27NO2S. The van der Waals surface area contributed by atoms with Crippen molar-refractivity contribution in [1.29, 1.82) is 0 Å². The van der Waals surface area contributed by atoms with E-state index in [1.807, 2.05) is 37.7 Å². The van der Waals surface area contributed by atoms with Gasteiger partial charge in [-0.15, -0.1) is 0 Å². The Balaban J connectivity index is 2.43. The highest BCUT2D eigenvalue weighted by atomic mass is 32.2. The number of thioether (sulfide) groups is 1. The lowest BCUT2D eigenvalue weighted by Gasteiger charge is -2.14. The fourth-order valence-corrected chi connectivity index (χ4v) is 2.40. The number of nitrogens with one attached hydrogen (secondary N) is 1. The van der Waals surface area contributed by atoms with Crippen LogP contribution in [0.4, 0.5) is 0 Å². The molecule has 3 nitrogen and oxygen atoms in total. The van der Waals surface area contributed by atoms with Crippen LogP contribution in [0, 0.1) is 0 Å². The fourth-order valence-electron chi connectivity index (χ4n) is 1.90. The minimum atomic E-state index is 0.157. The molecule has 0 aliphatic rings. The van der Waals surface area contributed by atoms with E-state index in [0.29, 0.717) is 0 Å². The second-order valence-corrected chi connectivity index (χ2v) is 6.01. The van der Waals surface area contributed by atoms with E-state index in [2.05, 4.69) is 17.6 Å². The van der Waals surface area contributed by atoms with Crippen molar-refractivity contribution in [3.05, 3.63) is 23.8 Å². The van der Waals surface area contributed by atoms with Crippen molar-refractivity contribution >= 4 is 11.8 Å². The number of methoxy groups -OCH3 is 1. The number of hydrogen-bond donors (Lipinski definition) is 1. The van der Waals surface area contributed by atoms with Crippen LogP contribution >= 0.6 is 11.8 Å². The quantitative estimate of drug-likeness (QED) is 0.667. The maximum atomic E-state index is 5.71. The Bertz CT molecular complexity index is 383. The lowest BCUT2D eigenvalue weighted by atomic mass is 10.2. The first-order valence-electron chi connectivity index (χ1n) is 7.20. The normalized spacial score (nSPS) is 10.8. The molecule has 0 aromatic heterocycles. The van der Waals surface area contributed by atoms with E-state index in [1.54, 1.807) is 7.11 Å². The maximum absolute atomic E-state index is 5.71. The highest BCUT2D eigenvalue weighted by Gasteiger charge is 2.07. The average Bonchev–Trinajstić information content (AvgIpc) is 2.43. The molecule has 0 atom stereocenters. The van der Waals surface area contributed by atoms with E-state index < -0.39 is 0 Å². The first-order chi connectivity index (χ1) is 9.67. The lowest BCUT2D eigenvalue weighted by molar-refractivity contribution is 0.230. The SMILES string of the molecule is COc1cc(CNCCCCSC)ccc1OC(C)C. The van der Waals surface area contributed by atoms with E-state index in [4.69, 9.17) is 9.47 Å². The third-order valence-corrected chi connectivity index (χ3v) is 3.57. The van der Waals surface area contributed by atoms with Gasteiger partial charge in [-0.2, -0.15) is 11.8 Å². The van der Waals surface area contributed by atoms with E-state index in [0.717, 1.165) is 24.6 Å². The van der Waals surface area contributed by atoms with Gasteiger partial charge in [-0.1, -0.05) is 6.07 Å². The summed E-state index contributed by atoms with van der Waals surface area (Å²) in [5, 5.41) is 3.47. The monoisotopic (exact) mass is 297 g/mol. The molecule has 0 fully saturated rings. The van der Waals surface area contributed by atoms with E-state index in [-0.39, 0.29) is 6.10 Å². The van der Waals surface area contributed by atoms with Gasteiger partial charge in [0.05, 0.1) is 13.2 Å². The highest BCUT2D eigenvalue weighted by Crippen LogP contribution is 2.28. The Labute approximate surface area is 127 Å². The van der Waals surface area contributed by atoms with Crippen molar-refractivity contribution in [2.24, 2.45) is 0 Å². The van der Waals surface area contributed by atoms with Crippen molar-refractivity contribution in [1.82, 2.24) is 5.32 Å². The van der Waals surface area contributed by atoms with Gasteiger partial charge in [-0.3, -0.25) is 0 Å². The predicted molar refractivity (Wildman–Crippen MR) is 88.1 cm³/mol. The summed E-state index contributed by atoms with van der Waals surface area (Å²) in [5.41, 5.74) is 1.22. The van der Waals surface area contributed by atoms with Gasteiger partial charge < -0.3 is 14.8 Å². The minimum absolute atomic E-state index is 0.157. The van der Waals surface area contributed by atoms with Gasteiger partial charge in [0.2, 0.25) is 0 Å². The Morgan fingerprint density at radius 1 is 1.20 bits per heavy atom. The zero-order valence-electron chi connectivity index (χ0n) is 13.1. The molecule has 0 saturated carbocycles.